The number of aromatic hydroxyl groups is 2. The van der Waals surface area contributed by atoms with Gasteiger partial charge in [0.1, 0.15) is 23.4 Å². The number of ether oxygens (including phenoxy) is 3. The molecule has 2 aromatic carbocycles. The Hall–Kier alpha value is -4.82. The maximum absolute atomic E-state index is 14.5. The predicted molar refractivity (Wildman–Crippen MR) is 205 cm³/mol. The minimum absolute atomic E-state index is 0.0203. The first-order chi connectivity index (χ1) is 25.4. The van der Waals surface area contributed by atoms with Crippen LogP contribution in [0.1, 0.15) is 64.4 Å². The zero-order chi connectivity index (χ0) is 39.5. The molecule has 6 rings (SSSR count). The number of nitrogens with one attached hydrogen (secondary N) is 2. The van der Waals surface area contributed by atoms with Crippen molar-refractivity contribution >= 4 is 39.5 Å². The number of carbonyl (C=O) groups is 2. The fourth-order valence-corrected chi connectivity index (χ4v) is 7.88. The van der Waals surface area contributed by atoms with Crippen LogP contribution in [0.3, 0.4) is 0 Å². The highest BCUT2D eigenvalue weighted by Gasteiger charge is 2.50. The van der Waals surface area contributed by atoms with E-state index in [1.165, 1.54) is 20.3 Å². The summed E-state index contributed by atoms with van der Waals surface area (Å²) in [4.78, 5) is 30.0. The van der Waals surface area contributed by atoms with Crippen LogP contribution in [0.2, 0.25) is 0 Å². The molecule has 0 radical (unpaired) electrons. The summed E-state index contributed by atoms with van der Waals surface area (Å²) in [6.45, 7) is 13.5. The van der Waals surface area contributed by atoms with Gasteiger partial charge in [-0.3, -0.25) is 9.59 Å². The summed E-state index contributed by atoms with van der Waals surface area (Å²) in [6, 6.07) is 0. The molecule has 4 bridgehead atoms. The first-order valence-electron chi connectivity index (χ1n) is 18.2. The van der Waals surface area contributed by atoms with Crippen molar-refractivity contribution in [2.45, 2.75) is 91.8 Å². The molecule has 13 nitrogen and oxygen atoms in total. The second-order valence-corrected chi connectivity index (χ2v) is 15.2. The number of nitrogens with zero attached hydrogens (tertiary/aromatic N) is 1. The van der Waals surface area contributed by atoms with Gasteiger partial charge < -0.3 is 55.3 Å². The predicted octanol–water partition coefficient (Wildman–Crippen LogP) is 5.51. The number of aliphatic hydroxyl groups excluding tert-OH is 3. The van der Waals surface area contributed by atoms with Gasteiger partial charge in [-0.25, -0.2) is 0 Å². The van der Waals surface area contributed by atoms with Crippen LogP contribution in [-0.4, -0.2) is 80.7 Å². The number of fused-ring (bicyclic) bond motifs is 2. The Bertz CT molecular complexity index is 2030. The number of phenols is 2. The fourth-order valence-electron chi connectivity index (χ4n) is 7.88. The number of aliphatic hydroxyl groups is 3. The molecule has 4 aliphatic rings. The molecule has 4 aliphatic heterocycles. The van der Waals surface area contributed by atoms with Gasteiger partial charge in [-0.15, -0.1) is 0 Å². The van der Waals surface area contributed by atoms with Crippen molar-refractivity contribution in [1.29, 1.82) is 0 Å². The highest BCUT2D eigenvalue weighted by Crippen LogP contribution is 2.59. The second kappa shape index (κ2) is 14.4. The topological polar surface area (TPSA) is 190 Å². The van der Waals surface area contributed by atoms with Gasteiger partial charge >= 0.3 is 5.79 Å². The first kappa shape index (κ1) is 38.9. The van der Waals surface area contributed by atoms with Crippen LogP contribution in [-0.2, 0) is 14.3 Å². The molecule has 0 aliphatic carbocycles. The number of ketones is 1. The number of hydrogen-bond acceptors (Lipinski definition) is 12. The normalized spacial score (nSPS) is 35.0. The first-order valence-corrected chi connectivity index (χ1v) is 18.2. The number of anilines is 3. The minimum atomic E-state index is -1.91. The van der Waals surface area contributed by atoms with Crippen LogP contribution >= 0.6 is 0 Å². The Morgan fingerprint density at radius 1 is 0.889 bits per heavy atom. The molecule has 9 unspecified atom stereocenters. The quantitative estimate of drug-likeness (QED) is 0.143. The molecule has 13 heteroatoms. The standard InChI is InChI=1S/C41H51N3O10/c1-18-13-15-44-26(17-18)42-30-27-28-36(48)24(7)38-29(27)39(50)41(8,54-38)53-16-14-25(52-9)21(4)34(46)23(6)35(47)22(5)33(45)19(2)11-10-12-20(3)40(51)43-31(32(30)44)37(28)49/h10-17,19,21-23,25-26,33-35,42,45-49H,1-9H3,(H,43,51)/b11-10+,16-14+,20-12-/t19?,21?,22?,23?,25?,26?,33?,34?,35?,41-/m0/s1. The molecule has 4 heterocycles. The van der Waals surface area contributed by atoms with E-state index in [-0.39, 0.29) is 44.7 Å². The van der Waals surface area contributed by atoms with Crippen molar-refractivity contribution in [1.82, 2.24) is 0 Å². The number of benzene rings is 2. The summed E-state index contributed by atoms with van der Waals surface area (Å²) in [5.74, 6) is -6.04. The number of carbonyl (C=O) groups excluding carboxylic acids is 2. The van der Waals surface area contributed by atoms with E-state index in [9.17, 15) is 35.1 Å². The molecule has 54 heavy (non-hydrogen) atoms. The van der Waals surface area contributed by atoms with Crippen molar-refractivity contribution in [3.63, 3.8) is 0 Å². The van der Waals surface area contributed by atoms with E-state index in [4.69, 9.17) is 14.2 Å². The SMILES string of the molecule is COC1/C=C/O[C@@]2(C)Oc3c(C)c(O)c4c(O)c(c5c(c4c3C2=O)NC2C=C(C)C=CN52)NC(=O)/C(C)=C\C=C\C(C)C(O)C(C)C(O)C(C)C(O)C1C. The van der Waals surface area contributed by atoms with Gasteiger partial charge in [0, 0.05) is 60.4 Å². The Morgan fingerprint density at radius 2 is 1.56 bits per heavy atom. The van der Waals surface area contributed by atoms with Crippen molar-refractivity contribution in [3.8, 4) is 17.2 Å². The molecule has 0 saturated carbocycles. The minimum Gasteiger partial charge on any atom is -0.507 e. The van der Waals surface area contributed by atoms with Crippen LogP contribution < -0.4 is 20.3 Å². The fraction of sp³-hybridized carbons (Fsp3) is 0.463. The van der Waals surface area contributed by atoms with E-state index in [1.54, 1.807) is 72.0 Å². The van der Waals surface area contributed by atoms with Crippen LogP contribution in [0, 0.1) is 30.6 Å². The van der Waals surface area contributed by atoms with E-state index >= 15 is 0 Å². The van der Waals surface area contributed by atoms with Crippen molar-refractivity contribution < 1.29 is 49.3 Å². The lowest BCUT2D eigenvalue weighted by Crippen LogP contribution is -2.44. The summed E-state index contributed by atoms with van der Waals surface area (Å²) in [7, 11) is 1.47. The van der Waals surface area contributed by atoms with Crippen LogP contribution in [0.5, 0.6) is 17.2 Å². The van der Waals surface area contributed by atoms with Crippen molar-refractivity contribution in [2.75, 3.05) is 22.6 Å². The lowest BCUT2D eigenvalue weighted by molar-refractivity contribution is -0.112. The number of methoxy groups -OCH3 is 1. The highest BCUT2D eigenvalue weighted by atomic mass is 16.7. The van der Waals surface area contributed by atoms with Crippen molar-refractivity contribution in [3.05, 3.63) is 71.2 Å². The molecule has 0 aromatic heterocycles. The highest BCUT2D eigenvalue weighted by molar-refractivity contribution is 6.27. The summed E-state index contributed by atoms with van der Waals surface area (Å²) >= 11 is 0. The zero-order valence-electron chi connectivity index (χ0n) is 32.0. The van der Waals surface area contributed by atoms with Gasteiger partial charge in [0.25, 0.3) is 11.7 Å². The van der Waals surface area contributed by atoms with E-state index in [2.05, 4.69) is 10.6 Å². The average molecular weight is 746 g/mol. The van der Waals surface area contributed by atoms with Gasteiger partial charge in [0.05, 0.1) is 53.0 Å². The zero-order valence-corrected chi connectivity index (χ0v) is 32.0. The summed E-state index contributed by atoms with van der Waals surface area (Å²) in [5.41, 5.74) is 2.26. The van der Waals surface area contributed by atoms with Crippen LogP contribution in [0.25, 0.3) is 10.8 Å². The second-order valence-electron chi connectivity index (χ2n) is 15.2. The Kier molecular flexibility index (Phi) is 10.4. The van der Waals surface area contributed by atoms with Gasteiger partial charge in [-0.05, 0) is 44.6 Å². The number of phenolic OH excluding ortho intramolecular Hbond substituents is 2. The molecule has 290 valence electrons. The van der Waals surface area contributed by atoms with E-state index < -0.39 is 77.5 Å². The van der Waals surface area contributed by atoms with Gasteiger partial charge in [-0.1, -0.05) is 45.9 Å². The van der Waals surface area contributed by atoms with E-state index in [0.29, 0.717) is 11.4 Å². The largest absolute Gasteiger partial charge is 0.507 e. The summed E-state index contributed by atoms with van der Waals surface area (Å²) in [6.07, 6.45) is 9.07. The molecule has 10 atom stereocenters. The smallest absolute Gasteiger partial charge is 0.312 e. The number of rotatable bonds is 1. The molecule has 7 N–H and O–H groups in total. The average Bonchev–Trinajstić information content (AvgIpc) is 3.64. The lowest BCUT2D eigenvalue weighted by atomic mass is 9.78. The maximum atomic E-state index is 14.5. The number of allylic oxidation sites excluding steroid dienone is 4. The Balaban J connectivity index is 1.54. The number of Topliss-reactive ketones (excluding diaryl/α,β-unsaturated/α-hetero) is 1. The van der Waals surface area contributed by atoms with Crippen LogP contribution in [0.15, 0.2) is 60.1 Å². The van der Waals surface area contributed by atoms with Crippen LogP contribution in [0.4, 0.5) is 17.1 Å². The third kappa shape index (κ3) is 6.32. The van der Waals surface area contributed by atoms with E-state index in [1.807, 2.05) is 24.0 Å². The number of hydrogen-bond donors (Lipinski definition) is 7. The molecule has 0 fully saturated rings. The maximum Gasteiger partial charge on any atom is 0.312 e. The number of amides is 1. The summed E-state index contributed by atoms with van der Waals surface area (Å²) < 4.78 is 17.9. The Morgan fingerprint density at radius 3 is 2.24 bits per heavy atom. The van der Waals surface area contributed by atoms with E-state index in [0.717, 1.165) is 5.57 Å². The van der Waals surface area contributed by atoms with Gasteiger partial charge in [0.15, 0.2) is 5.75 Å². The lowest BCUT2D eigenvalue weighted by Gasteiger charge is -2.36. The molecular weight excluding hydrogens is 694 g/mol. The molecule has 1 amide bonds. The van der Waals surface area contributed by atoms with Crippen molar-refractivity contribution in [2.24, 2.45) is 23.7 Å². The molecule has 0 spiro atoms. The Labute approximate surface area is 314 Å². The molecule has 2 aromatic rings. The monoisotopic (exact) mass is 745 g/mol. The molecular formula is C41H51N3O10. The third-order valence-electron chi connectivity index (χ3n) is 11.5. The third-order valence-corrected chi connectivity index (χ3v) is 11.5. The molecule has 0 saturated heterocycles. The summed E-state index contributed by atoms with van der Waals surface area (Å²) in [5, 5.41) is 63.9. The van der Waals surface area contributed by atoms with Gasteiger partial charge in [-0.2, -0.15) is 0 Å². The van der Waals surface area contributed by atoms with Gasteiger partial charge in [0.2, 0.25) is 0 Å².